The van der Waals surface area contributed by atoms with Gasteiger partial charge in [0, 0.05) is 45.3 Å². The largest absolute Gasteiger partial charge is 0.360 e. The molecule has 1 aliphatic heterocycles. The second-order valence-corrected chi connectivity index (χ2v) is 7.16. The topological polar surface area (TPSA) is 99.0 Å². The quantitative estimate of drug-likeness (QED) is 0.848. The summed E-state index contributed by atoms with van der Waals surface area (Å²) in [5.74, 6) is 0.959. The lowest BCUT2D eigenvalue weighted by atomic mass is 10.4. The minimum absolute atomic E-state index is 0.282. The lowest BCUT2D eigenvalue weighted by molar-refractivity contribution is 0.180. The maximum Gasteiger partial charge on any atom is 0.323 e. The summed E-state index contributed by atoms with van der Waals surface area (Å²) in [7, 11) is -3.45. The Labute approximate surface area is 136 Å². The molecule has 1 aromatic heterocycles. The Morgan fingerprint density at radius 2 is 1.91 bits per heavy atom. The number of aryl methyl sites for hydroxylation is 1. The van der Waals surface area contributed by atoms with E-state index in [1.54, 1.807) is 17.9 Å². The molecule has 1 N–H and O–H groups in total. The lowest BCUT2D eigenvalue weighted by Crippen LogP contribution is -2.54. The second-order valence-electron chi connectivity index (χ2n) is 5.23. The highest BCUT2D eigenvalue weighted by atomic mass is 32.2. The van der Waals surface area contributed by atoms with Crippen molar-refractivity contribution >= 4 is 22.1 Å². The Hall–Kier alpha value is -1.65. The van der Waals surface area contributed by atoms with Crippen LogP contribution in [0.15, 0.2) is 10.6 Å². The number of hydrogen-bond donors (Lipinski definition) is 1. The van der Waals surface area contributed by atoms with Gasteiger partial charge in [-0.3, -0.25) is 5.32 Å². The van der Waals surface area contributed by atoms with Gasteiger partial charge in [-0.1, -0.05) is 19.0 Å². The Morgan fingerprint density at radius 1 is 1.30 bits per heavy atom. The van der Waals surface area contributed by atoms with Crippen LogP contribution in [0.5, 0.6) is 0 Å². The smallest absolute Gasteiger partial charge is 0.323 e. The third-order valence-electron chi connectivity index (χ3n) is 3.75. The molecule has 0 radical (unpaired) electrons. The highest BCUT2D eigenvalue weighted by molar-refractivity contribution is 7.86. The molecule has 0 saturated carbocycles. The van der Waals surface area contributed by atoms with E-state index in [-0.39, 0.29) is 19.1 Å². The molecular weight excluding hydrogens is 322 g/mol. The van der Waals surface area contributed by atoms with Crippen molar-refractivity contribution in [2.75, 3.05) is 44.6 Å². The molecule has 2 amide bonds. The third-order valence-corrected chi connectivity index (χ3v) is 5.93. The van der Waals surface area contributed by atoms with Gasteiger partial charge in [-0.15, -0.1) is 0 Å². The second kappa shape index (κ2) is 7.28. The highest BCUT2D eigenvalue weighted by Gasteiger charge is 2.32. The fraction of sp³-hybridized carbons (Fsp3) is 0.692. The van der Waals surface area contributed by atoms with Gasteiger partial charge >= 0.3 is 6.03 Å². The van der Waals surface area contributed by atoms with Crippen molar-refractivity contribution < 1.29 is 17.7 Å². The molecule has 2 rings (SSSR count). The fourth-order valence-electron chi connectivity index (χ4n) is 2.45. The average Bonchev–Trinajstić information content (AvgIpc) is 2.93. The number of nitrogens with one attached hydrogen (secondary N) is 1. The Kier molecular flexibility index (Phi) is 5.60. The zero-order chi connectivity index (χ0) is 17.0. The van der Waals surface area contributed by atoms with Crippen molar-refractivity contribution in [3.8, 4) is 0 Å². The number of aromatic nitrogens is 1. The number of anilines is 1. The van der Waals surface area contributed by atoms with Crippen molar-refractivity contribution in [3.05, 3.63) is 11.8 Å². The molecule has 1 aliphatic rings. The predicted molar refractivity (Wildman–Crippen MR) is 85.2 cm³/mol. The fourth-order valence-corrected chi connectivity index (χ4v) is 4.05. The molecule has 0 aliphatic carbocycles. The summed E-state index contributed by atoms with van der Waals surface area (Å²) < 4.78 is 32.6. The molecule has 9 nitrogen and oxygen atoms in total. The van der Waals surface area contributed by atoms with E-state index in [0.717, 1.165) is 0 Å². The first-order valence-corrected chi connectivity index (χ1v) is 9.02. The van der Waals surface area contributed by atoms with E-state index in [0.29, 0.717) is 37.8 Å². The standard InChI is InChI=1S/C13H23N5O4S/c1-4-17(5-2)23(20,21)18-8-6-16(7-9-18)13(19)14-12-10-11(3)22-15-12/h10H,4-9H2,1-3H3,(H,14,15,19). The van der Waals surface area contributed by atoms with Crippen LogP contribution in [-0.4, -0.2) is 72.4 Å². The molecule has 0 bridgehead atoms. The van der Waals surface area contributed by atoms with Gasteiger partial charge in [-0.2, -0.15) is 17.0 Å². The van der Waals surface area contributed by atoms with E-state index in [4.69, 9.17) is 4.52 Å². The van der Waals surface area contributed by atoms with Crippen molar-refractivity contribution in [3.63, 3.8) is 0 Å². The van der Waals surface area contributed by atoms with Crippen LogP contribution >= 0.6 is 0 Å². The number of carbonyl (C=O) groups excluding carboxylic acids is 1. The van der Waals surface area contributed by atoms with Gasteiger partial charge in [0.05, 0.1) is 0 Å². The predicted octanol–water partition coefficient (Wildman–Crippen LogP) is 0.719. The normalized spacial score (nSPS) is 16.8. The summed E-state index contributed by atoms with van der Waals surface area (Å²) in [6.07, 6.45) is 0. The van der Waals surface area contributed by atoms with E-state index in [1.807, 2.05) is 13.8 Å². The Morgan fingerprint density at radius 3 is 2.39 bits per heavy atom. The molecule has 23 heavy (non-hydrogen) atoms. The highest BCUT2D eigenvalue weighted by Crippen LogP contribution is 2.14. The summed E-state index contributed by atoms with van der Waals surface area (Å²) >= 11 is 0. The van der Waals surface area contributed by atoms with Gasteiger partial charge < -0.3 is 9.42 Å². The van der Waals surface area contributed by atoms with Gasteiger partial charge in [-0.25, -0.2) is 4.79 Å². The summed E-state index contributed by atoms with van der Waals surface area (Å²) in [5.41, 5.74) is 0. The average molecular weight is 345 g/mol. The van der Waals surface area contributed by atoms with Crippen LogP contribution in [0.4, 0.5) is 10.6 Å². The van der Waals surface area contributed by atoms with Crippen LogP contribution in [0.2, 0.25) is 0 Å². The summed E-state index contributed by atoms with van der Waals surface area (Å²) in [5, 5.41) is 6.34. The van der Waals surface area contributed by atoms with Crippen molar-refractivity contribution in [2.45, 2.75) is 20.8 Å². The molecule has 1 fully saturated rings. The first kappa shape index (κ1) is 17.7. The zero-order valence-corrected chi connectivity index (χ0v) is 14.5. The van der Waals surface area contributed by atoms with Crippen LogP contribution in [0.1, 0.15) is 19.6 Å². The number of hydrogen-bond acceptors (Lipinski definition) is 5. The van der Waals surface area contributed by atoms with Gasteiger partial charge in [0.15, 0.2) is 5.82 Å². The van der Waals surface area contributed by atoms with Gasteiger partial charge in [0.1, 0.15) is 5.76 Å². The Balaban J connectivity index is 1.91. The molecule has 130 valence electrons. The molecule has 0 aromatic carbocycles. The van der Waals surface area contributed by atoms with E-state index >= 15 is 0 Å². The van der Waals surface area contributed by atoms with Gasteiger partial charge in [-0.05, 0) is 6.92 Å². The maximum atomic E-state index is 12.4. The molecule has 0 spiro atoms. The molecular formula is C13H23N5O4S. The third kappa shape index (κ3) is 4.01. The maximum absolute atomic E-state index is 12.4. The number of amides is 2. The van der Waals surface area contributed by atoms with Crippen LogP contribution in [0.3, 0.4) is 0 Å². The summed E-state index contributed by atoms with van der Waals surface area (Å²) in [4.78, 5) is 13.7. The summed E-state index contributed by atoms with van der Waals surface area (Å²) in [6.45, 7) is 7.46. The van der Waals surface area contributed by atoms with E-state index in [1.165, 1.54) is 8.61 Å². The first-order chi connectivity index (χ1) is 10.9. The van der Waals surface area contributed by atoms with Crippen molar-refractivity contribution in [1.82, 2.24) is 18.7 Å². The van der Waals surface area contributed by atoms with E-state index in [9.17, 15) is 13.2 Å². The van der Waals surface area contributed by atoms with Crippen LogP contribution in [0, 0.1) is 6.92 Å². The zero-order valence-electron chi connectivity index (χ0n) is 13.7. The number of urea groups is 1. The molecule has 0 atom stereocenters. The number of carbonyl (C=O) groups is 1. The number of piperazine rings is 1. The molecule has 1 aromatic rings. The van der Waals surface area contributed by atoms with Crippen molar-refractivity contribution in [1.29, 1.82) is 0 Å². The molecule has 10 heteroatoms. The van der Waals surface area contributed by atoms with Crippen molar-refractivity contribution in [2.24, 2.45) is 0 Å². The van der Waals surface area contributed by atoms with Gasteiger partial charge in [0.2, 0.25) is 0 Å². The van der Waals surface area contributed by atoms with Crippen LogP contribution in [0.25, 0.3) is 0 Å². The van der Waals surface area contributed by atoms with Crippen LogP contribution < -0.4 is 5.32 Å². The lowest BCUT2D eigenvalue weighted by Gasteiger charge is -2.36. The minimum atomic E-state index is -3.45. The molecule has 0 unspecified atom stereocenters. The van der Waals surface area contributed by atoms with Gasteiger partial charge in [0.25, 0.3) is 10.2 Å². The summed E-state index contributed by atoms with van der Waals surface area (Å²) in [6, 6.07) is 1.32. The Bertz CT molecular complexity index is 633. The van der Waals surface area contributed by atoms with E-state index in [2.05, 4.69) is 10.5 Å². The number of rotatable bonds is 5. The van der Waals surface area contributed by atoms with E-state index < -0.39 is 10.2 Å². The monoisotopic (exact) mass is 345 g/mol. The van der Waals surface area contributed by atoms with Crippen LogP contribution in [-0.2, 0) is 10.2 Å². The number of nitrogens with zero attached hydrogens (tertiary/aromatic N) is 4. The first-order valence-electron chi connectivity index (χ1n) is 7.63. The SMILES string of the molecule is CCN(CC)S(=O)(=O)N1CCN(C(=O)Nc2cc(C)on2)CC1. The minimum Gasteiger partial charge on any atom is -0.360 e. The molecule has 1 saturated heterocycles. The molecule has 2 heterocycles.